The van der Waals surface area contributed by atoms with Gasteiger partial charge in [0.25, 0.3) is 0 Å². The molecule has 0 atom stereocenters. The van der Waals surface area contributed by atoms with Gasteiger partial charge in [-0.25, -0.2) is 4.39 Å². The van der Waals surface area contributed by atoms with Crippen molar-refractivity contribution < 1.29 is 9.13 Å². The minimum absolute atomic E-state index is 0.0150. The Bertz CT molecular complexity index is 735. The molecule has 3 nitrogen and oxygen atoms in total. The van der Waals surface area contributed by atoms with Crippen LogP contribution in [0.1, 0.15) is 24.2 Å². The van der Waals surface area contributed by atoms with Crippen LogP contribution in [0.25, 0.3) is 0 Å². The maximum atomic E-state index is 14.5. The summed E-state index contributed by atoms with van der Waals surface area (Å²) in [5, 5.41) is 6.92. The number of ether oxygens (including phenoxy) is 1. The fourth-order valence-electron chi connectivity index (χ4n) is 2.92. The summed E-state index contributed by atoms with van der Waals surface area (Å²) in [4.78, 5) is 0.684. The largest absolute Gasteiger partial charge is 0.496 e. The fraction of sp³-hybridized carbons (Fsp3) is 0.368. The molecule has 3 rings (SSSR count). The average Bonchev–Trinajstić information content (AvgIpc) is 2.61. The van der Waals surface area contributed by atoms with Crippen molar-refractivity contribution in [1.29, 1.82) is 0 Å². The lowest BCUT2D eigenvalue weighted by atomic mass is 10.1. The molecule has 1 fully saturated rings. The van der Waals surface area contributed by atoms with Gasteiger partial charge in [-0.15, -0.1) is 11.8 Å². The Labute approximate surface area is 160 Å². The lowest BCUT2D eigenvalue weighted by Gasteiger charge is -2.30. The lowest BCUT2D eigenvalue weighted by molar-refractivity contribution is 0.310. The van der Waals surface area contributed by atoms with Crippen LogP contribution in [0.15, 0.2) is 45.8 Å². The average molecular weight is 425 g/mol. The minimum Gasteiger partial charge on any atom is -0.496 e. The summed E-state index contributed by atoms with van der Waals surface area (Å²) in [7, 11) is 1.66. The standard InChI is InChI=1S/C19H22BrFN2OS/c1-12-9-22-19(23-10-12)15-4-3-5-16(21)18(15)25-11-13-8-14(20)6-7-17(13)24-2/h3-8,12,19,22-23H,9-11H2,1-2H3. The zero-order chi connectivity index (χ0) is 17.8. The SMILES string of the molecule is COc1ccc(Br)cc1CSc1c(F)cccc1C1NCC(C)CN1. The van der Waals surface area contributed by atoms with Crippen LogP contribution in [-0.4, -0.2) is 20.2 Å². The van der Waals surface area contributed by atoms with E-state index in [0.717, 1.165) is 34.4 Å². The lowest BCUT2D eigenvalue weighted by Crippen LogP contribution is -2.46. The first-order valence-corrected chi connectivity index (χ1v) is 10.1. The number of halogens is 2. The number of benzene rings is 2. The second-order valence-corrected chi connectivity index (χ2v) is 8.16. The topological polar surface area (TPSA) is 33.3 Å². The molecule has 1 aliphatic heterocycles. The van der Waals surface area contributed by atoms with Crippen LogP contribution in [0.2, 0.25) is 0 Å². The van der Waals surface area contributed by atoms with Crippen molar-refractivity contribution in [3.8, 4) is 5.75 Å². The summed E-state index contributed by atoms with van der Waals surface area (Å²) in [6, 6.07) is 11.2. The van der Waals surface area contributed by atoms with Gasteiger partial charge in [-0.2, -0.15) is 0 Å². The molecule has 1 saturated heterocycles. The first-order valence-electron chi connectivity index (χ1n) is 8.29. The maximum Gasteiger partial charge on any atom is 0.137 e. The highest BCUT2D eigenvalue weighted by atomic mass is 79.9. The predicted octanol–water partition coefficient (Wildman–Crippen LogP) is 4.72. The second kappa shape index (κ2) is 8.54. The van der Waals surface area contributed by atoms with E-state index in [-0.39, 0.29) is 12.0 Å². The number of hydrogen-bond acceptors (Lipinski definition) is 4. The molecular weight excluding hydrogens is 403 g/mol. The molecule has 0 bridgehead atoms. The summed E-state index contributed by atoms with van der Waals surface area (Å²) in [6.07, 6.45) is -0.0150. The molecule has 0 saturated carbocycles. The van der Waals surface area contributed by atoms with Crippen LogP contribution in [0.3, 0.4) is 0 Å². The third-order valence-corrected chi connectivity index (χ3v) is 5.93. The molecule has 2 aromatic rings. The molecule has 0 radical (unpaired) electrons. The molecule has 134 valence electrons. The van der Waals surface area contributed by atoms with Crippen LogP contribution < -0.4 is 15.4 Å². The maximum absolute atomic E-state index is 14.5. The van der Waals surface area contributed by atoms with Crippen molar-refractivity contribution in [1.82, 2.24) is 10.6 Å². The summed E-state index contributed by atoms with van der Waals surface area (Å²) in [6.45, 7) is 4.05. The quantitative estimate of drug-likeness (QED) is 0.680. The molecule has 1 heterocycles. The number of methoxy groups -OCH3 is 1. The normalized spacial score (nSPS) is 20.5. The van der Waals surface area contributed by atoms with Crippen LogP contribution in [0.5, 0.6) is 5.75 Å². The van der Waals surface area contributed by atoms with E-state index in [1.165, 1.54) is 17.8 Å². The third kappa shape index (κ3) is 4.56. The monoisotopic (exact) mass is 424 g/mol. The summed E-state index contributed by atoms with van der Waals surface area (Å²) in [5.74, 6) is 1.85. The van der Waals surface area contributed by atoms with Gasteiger partial charge in [0, 0.05) is 33.8 Å². The van der Waals surface area contributed by atoms with Crippen LogP contribution >= 0.6 is 27.7 Å². The first-order chi connectivity index (χ1) is 12.1. The highest BCUT2D eigenvalue weighted by molar-refractivity contribution is 9.10. The third-order valence-electron chi connectivity index (χ3n) is 4.26. The van der Waals surface area contributed by atoms with Crippen LogP contribution in [0, 0.1) is 11.7 Å². The Morgan fingerprint density at radius 1 is 1.24 bits per heavy atom. The zero-order valence-corrected chi connectivity index (χ0v) is 16.7. The number of thioether (sulfide) groups is 1. The predicted molar refractivity (Wildman–Crippen MR) is 105 cm³/mol. The summed E-state index contributed by atoms with van der Waals surface area (Å²) < 4.78 is 20.9. The van der Waals surface area contributed by atoms with Crippen molar-refractivity contribution in [2.45, 2.75) is 23.7 Å². The molecule has 1 aliphatic rings. The van der Waals surface area contributed by atoms with Gasteiger partial charge in [0.1, 0.15) is 11.6 Å². The van der Waals surface area contributed by atoms with E-state index in [0.29, 0.717) is 16.6 Å². The number of nitrogens with one attached hydrogen (secondary N) is 2. The number of rotatable bonds is 5. The van der Waals surface area contributed by atoms with E-state index in [1.807, 2.05) is 24.3 Å². The molecule has 25 heavy (non-hydrogen) atoms. The van der Waals surface area contributed by atoms with E-state index >= 15 is 0 Å². The Hall–Kier alpha value is -1.08. The Kier molecular flexibility index (Phi) is 6.39. The summed E-state index contributed by atoms with van der Waals surface area (Å²) in [5.41, 5.74) is 2.00. The van der Waals surface area contributed by atoms with Gasteiger partial charge in [0.15, 0.2) is 0 Å². The van der Waals surface area contributed by atoms with Crippen LogP contribution in [0.4, 0.5) is 4.39 Å². The molecule has 0 unspecified atom stereocenters. The van der Waals surface area contributed by atoms with E-state index in [1.54, 1.807) is 13.2 Å². The van der Waals surface area contributed by atoms with Gasteiger partial charge >= 0.3 is 0 Å². The van der Waals surface area contributed by atoms with Gasteiger partial charge < -0.3 is 4.74 Å². The molecular formula is C19H22BrFN2OS. The second-order valence-electron chi connectivity index (χ2n) is 6.26. The van der Waals surface area contributed by atoms with Gasteiger partial charge in [-0.1, -0.05) is 35.0 Å². The fourth-order valence-corrected chi connectivity index (χ4v) is 4.41. The van der Waals surface area contributed by atoms with Gasteiger partial charge in [-0.3, -0.25) is 10.6 Å². The minimum atomic E-state index is -0.182. The zero-order valence-electron chi connectivity index (χ0n) is 14.3. The smallest absolute Gasteiger partial charge is 0.137 e. The number of hydrogen-bond donors (Lipinski definition) is 2. The van der Waals surface area contributed by atoms with E-state index < -0.39 is 0 Å². The molecule has 0 amide bonds. The Morgan fingerprint density at radius 3 is 2.72 bits per heavy atom. The van der Waals surface area contributed by atoms with E-state index in [9.17, 15) is 4.39 Å². The van der Waals surface area contributed by atoms with E-state index in [4.69, 9.17) is 4.74 Å². The van der Waals surface area contributed by atoms with Crippen molar-refractivity contribution in [2.75, 3.05) is 20.2 Å². The Morgan fingerprint density at radius 2 is 2.00 bits per heavy atom. The molecule has 2 N–H and O–H groups in total. The molecule has 0 aliphatic carbocycles. The van der Waals surface area contributed by atoms with Crippen LogP contribution in [-0.2, 0) is 5.75 Å². The molecule has 0 aromatic heterocycles. The van der Waals surface area contributed by atoms with Crippen molar-refractivity contribution in [2.24, 2.45) is 5.92 Å². The van der Waals surface area contributed by atoms with Gasteiger partial charge in [-0.05, 0) is 35.7 Å². The van der Waals surface area contributed by atoms with Gasteiger partial charge in [0.2, 0.25) is 0 Å². The van der Waals surface area contributed by atoms with Gasteiger partial charge in [0.05, 0.1) is 13.3 Å². The Balaban J connectivity index is 1.82. The highest BCUT2D eigenvalue weighted by Gasteiger charge is 2.22. The summed E-state index contributed by atoms with van der Waals surface area (Å²) >= 11 is 4.99. The van der Waals surface area contributed by atoms with E-state index in [2.05, 4.69) is 33.5 Å². The van der Waals surface area contributed by atoms with Crippen molar-refractivity contribution in [3.05, 3.63) is 57.8 Å². The first kappa shape index (κ1) is 18.7. The van der Waals surface area contributed by atoms with Crippen molar-refractivity contribution in [3.63, 3.8) is 0 Å². The molecule has 6 heteroatoms. The highest BCUT2D eigenvalue weighted by Crippen LogP contribution is 2.35. The van der Waals surface area contributed by atoms with Crippen molar-refractivity contribution >= 4 is 27.7 Å². The molecule has 2 aromatic carbocycles. The molecule has 0 spiro atoms.